The third-order valence-electron chi connectivity index (χ3n) is 10.5. The first-order valence-corrected chi connectivity index (χ1v) is 26.1. The topological polar surface area (TPSA) is 78.9 Å². The molecule has 6 heteroatoms. The van der Waals surface area contributed by atoms with Gasteiger partial charge in [0, 0.05) is 19.3 Å². The van der Waals surface area contributed by atoms with Gasteiger partial charge < -0.3 is 14.2 Å². The normalized spacial score (nSPS) is 13.1. The van der Waals surface area contributed by atoms with E-state index in [4.69, 9.17) is 14.2 Å². The number of esters is 3. The van der Waals surface area contributed by atoms with Crippen LogP contribution in [0.4, 0.5) is 0 Å². The highest BCUT2D eigenvalue weighted by Crippen LogP contribution is 2.13. The van der Waals surface area contributed by atoms with Gasteiger partial charge in [0.25, 0.3) is 0 Å². The van der Waals surface area contributed by atoms with Gasteiger partial charge in [0.05, 0.1) is 0 Å². The van der Waals surface area contributed by atoms with E-state index in [1.54, 1.807) is 0 Å². The average molecular weight is 899 g/mol. The van der Waals surface area contributed by atoms with Crippen molar-refractivity contribution in [3.8, 4) is 0 Å². The van der Waals surface area contributed by atoms with Crippen LogP contribution in [0.25, 0.3) is 0 Å². The first-order valence-electron chi connectivity index (χ1n) is 26.1. The Bertz CT molecular complexity index is 1400. The highest BCUT2D eigenvalue weighted by atomic mass is 16.6. The second-order valence-corrected chi connectivity index (χ2v) is 16.7. The van der Waals surface area contributed by atoms with Gasteiger partial charge in [0.1, 0.15) is 13.2 Å². The van der Waals surface area contributed by atoms with E-state index in [1.165, 1.54) is 57.8 Å². The molecule has 0 bridgehead atoms. The van der Waals surface area contributed by atoms with Crippen LogP contribution < -0.4 is 0 Å². The van der Waals surface area contributed by atoms with Crippen molar-refractivity contribution in [1.82, 2.24) is 0 Å². The fraction of sp³-hybridized carbons (Fsp3) is 0.610. The molecule has 6 nitrogen and oxygen atoms in total. The molecule has 0 aliphatic heterocycles. The van der Waals surface area contributed by atoms with Crippen LogP contribution in [-0.4, -0.2) is 37.2 Å². The minimum absolute atomic E-state index is 0.117. The van der Waals surface area contributed by atoms with Crippen molar-refractivity contribution in [2.24, 2.45) is 0 Å². The summed E-state index contributed by atoms with van der Waals surface area (Å²) in [6.45, 7) is 6.28. The molecule has 65 heavy (non-hydrogen) atoms. The third kappa shape index (κ3) is 50.7. The molecule has 0 spiro atoms. The molecule has 0 N–H and O–H groups in total. The first kappa shape index (κ1) is 60.8. The molecule has 0 amide bonds. The molecule has 0 heterocycles. The van der Waals surface area contributed by atoms with E-state index in [1.807, 2.05) is 12.2 Å². The standard InChI is InChI=1S/C59H94O6/c1-4-7-10-13-16-19-22-25-27-28-29-30-32-34-37-40-43-46-49-52-58(61)64-55-56(54-63-57(60)51-48-45-42-39-36-33-24-21-18-15-12-9-6-3)65-59(62)53-50-47-44-41-38-35-31-26-23-20-17-14-11-8-5-2/h7-8,10-11,14,16-17,19-20,23,25,27,29-30,33-34,36-37,43,46,56H,4-6,9,12-13,15,18,21-22,24,26,28,31-32,35,38-42,44-45,47-55H2,1-3H3/b10-7-,11-8-,17-14-,19-16-,23-20-,27-25-,30-29-,36-33-,37-34-,46-43-. The predicted octanol–water partition coefficient (Wildman–Crippen LogP) is 17.3. The van der Waals surface area contributed by atoms with Crippen LogP contribution >= 0.6 is 0 Å². The number of hydrogen-bond donors (Lipinski definition) is 0. The first-order chi connectivity index (χ1) is 32.0. The molecule has 1 unspecified atom stereocenters. The van der Waals surface area contributed by atoms with Crippen molar-refractivity contribution in [2.75, 3.05) is 13.2 Å². The van der Waals surface area contributed by atoms with Gasteiger partial charge in [0.2, 0.25) is 0 Å². The van der Waals surface area contributed by atoms with Crippen LogP contribution in [0.5, 0.6) is 0 Å². The molecule has 1 atom stereocenters. The molecule has 0 aromatic heterocycles. The number of ether oxygens (including phenoxy) is 3. The largest absolute Gasteiger partial charge is 0.462 e. The maximum atomic E-state index is 12.8. The maximum Gasteiger partial charge on any atom is 0.306 e. The molecule has 0 radical (unpaired) electrons. The van der Waals surface area contributed by atoms with Crippen molar-refractivity contribution >= 4 is 17.9 Å². The minimum Gasteiger partial charge on any atom is -0.462 e. The van der Waals surface area contributed by atoms with Gasteiger partial charge >= 0.3 is 17.9 Å². The van der Waals surface area contributed by atoms with E-state index >= 15 is 0 Å². The Morgan fingerprint density at radius 3 is 1.22 bits per heavy atom. The smallest absolute Gasteiger partial charge is 0.306 e. The van der Waals surface area contributed by atoms with Crippen LogP contribution in [0.2, 0.25) is 0 Å². The van der Waals surface area contributed by atoms with Crippen molar-refractivity contribution in [3.05, 3.63) is 122 Å². The third-order valence-corrected chi connectivity index (χ3v) is 10.5. The second kappa shape index (κ2) is 52.4. The number of carbonyl (C=O) groups is 3. The van der Waals surface area contributed by atoms with Gasteiger partial charge in [-0.25, -0.2) is 0 Å². The summed E-state index contributed by atoms with van der Waals surface area (Å²) in [6, 6.07) is 0. The molecule has 0 saturated heterocycles. The summed E-state index contributed by atoms with van der Waals surface area (Å²) in [7, 11) is 0. The molecular weight excluding hydrogens is 805 g/mol. The lowest BCUT2D eigenvalue weighted by Gasteiger charge is -2.18. The SMILES string of the molecule is CC\C=C/C=C\C=C/CCCCCCCCCC(=O)OC(COC(=O)CC/C=C\C/C=C\C/C=C\C/C=C\C/C=C\C/C=C\CC)COC(=O)CCCCC/C=C\CCCCCCCC. The van der Waals surface area contributed by atoms with E-state index in [-0.39, 0.29) is 37.5 Å². The van der Waals surface area contributed by atoms with Crippen molar-refractivity contribution in [2.45, 2.75) is 219 Å². The number of carbonyl (C=O) groups excluding carboxylic acids is 3. The van der Waals surface area contributed by atoms with E-state index in [9.17, 15) is 14.4 Å². The average Bonchev–Trinajstić information content (AvgIpc) is 3.30. The lowest BCUT2D eigenvalue weighted by Crippen LogP contribution is -2.30. The summed E-state index contributed by atoms with van der Waals surface area (Å²) in [5, 5.41) is 0. The summed E-state index contributed by atoms with van der Waals surface area (Å²) in [5.41, 5.74) is 0. The molecule has 366 valence electrons. The van der Waals surface area contributed by atoms with E-state index in [0.29, 0.717) is 19.3 Å². The lowest BCUT2D eigenvalue weighted by atomic mass is 10.1. The van der Waals surface area contributed by atoms with Gasteiger partial charge in [-0.15, -0.1) is 0 Å². The Labute approximate surface area is 399 Å². The number of unbranched alkanes of at least 4 members (excludes halogenated alkanes) is 16. The molecule has 0 rings (SSSR count). The van der Waals surface area contributed by atoms with Gasteiger partial charge in [-0.2, -0.15) is 0 Å². The number of allylic oxidation sites excluding steroid dienone is 20. The monoisotopic (exact) mass is 899 g/mol. The number of rotatable bonds is 45. The maximum absolute atomic E-state index is 12.8. The predicted molar refractivity (Wildman–Crippen MR) is 279 cm³/mol. The van der Waals surface area contributed by atoms with Crippen molar-refractivity contribution in [1.29, 1.82) is 0 Å². The summed E-state index contributed by atoms with van der Waals surface area (Å²) >= 11 is 0. The quantitative estimate of drug-likeness (QED) is 0.0199. The molecular formula is C59H94O6. The van der Waals surface area contributed by atoms with Crippen LogP contribution in [0.15, 0.2) is 122 Å². The van der Waals surface area contributed by atoms with Gasteiger partial charge in [0.15, 0.2) is 6.10 Å². The molecule has 0 aromatic carbocycles. The number of hydrogen-bond acceptors (Lipinski definition) is 6. The Hall–Kier alpha value is -4.19. The molecule has 0 saturated carbocycles. The van der Waals surface area contributed by atoms with E-state index < -0.39 is 6.10 Å². The second-order valence-electron chi connectivity index (χ2n) is 16.7. The van der Waals surface area contributed by atoms with E-state index in [2.05, 4.69) is 130 Å². The fourth-order valence-electron chi connectivity index (χ4n) is 6.64. The molecule has 0 aliphatic carbocycles. The van der Waals surface area contributed by atoms with Crippen LogP contribution in [0.1, 0.15) is 213 Å². The Morgan fingerprint density at radius 1 is 0.338 bits per heavy atom. The summed E-state index contributed by atoms with van der Waals surface area (Å²) in [6.07, 6.45) is 71.9. The molecule has 0 fully saturated rings. The minimum atomic E-state index is -0.824. The zero-order valence-corrected chi connectivity index (χ0v) is 41.7. The highest BCUT2D eigenvalue weighted by molar-refractivity contribution is 5.71. The van der Waals surface area contributed by atoms with Crippen molar-refractivity contribution < 1.29 is 28.6 Å². The van der Waals surface area contributed by atoms with Crippen molar-refractivity contribution in [3.63, 3.8) is 0 Å². The Morgan fingerprint density at radius 2 is 0.708 bits per heavy atom. The van der Waals surface area contributed by atoms with Gasteiger partial charge in [-0.1, -0.05) is 213 Å². The van der Waals surface area contributed by atoms with Gasteiger partial charge in [-0.05, 0) is 103 Å². The van der Waals surface area contributed by atoms with Crippen LogP contribution in [0.3, 0.4) is 0 Å². The summed E-state index contributed by atoms with van der Waals surface area (Å²) in [5.74, 6) is -1.04. The van der Waals surface area contributed by atoms with Crippen LogP contribution in [0, 0.1) is 0 Å². The molecule has 0 aromatic rings. The molecule has 0 aliphatic rings. The lowest BCUT2D eigenvalue weighted by molar-refractivity contribution is -0.166. The van der Waals surface area contributed by atoms with Crippen LogP contribution in [-0.2, 0) is 28.6 Å². The zero-order valence-electron chi connectivity index (χ0n) is 41.7. The summed E-state index contributed by atoms with van der Waals surface area (Å²) < 4.78 is 16.7. The fourth-order valence-corrected chi connectivity index (χ4v) is 6.64. The Kier molecular flexibility index (Phi) is 49.1. The highest BCUT2D eigenvalue weighted by Gasteiger charge is 2.19. The Balaban J connectivity index is 4.55. The van der Waals surface area contributed by atoms with E-state index in [0.717, 1.165) is 109 Å². The van der Waals surface area contributed by atoms with Gasteiger partial charge in [-0.3, -0.25) is 14.4 Å². The summed E-state index contributed by atoms with van der Waals surface area (Å²) in [4.78, 5) is 38.0. The zero-order chi connectivity index (χ0) is 47.2.